The lowest BCUT2D eigenvalue weighted by Crippen LogP contribution is -2.39. The Labute approximate surface area is 187 Å². The Hall–Kier alpha value is -2.57. The van der Waals surface area contributed by atoms with Gasteiger partial charge in [0.1, 0.15) is 0 Å². The number of halogens is 3. The van der Waals surface area contributed by atoms with Crippen molar-refractivity contribution in [3.05, 3.63) is 57.9 Å². The number of benzene rings is 1. The molecule has 3 rings (SSSR count). The predicted molar refractivity (Wildman–Crippen MR) is 119 cm³/mol. The number of hydrogen-bond acceptors (Lipinski definition) is 3. The minimum atomic E-state index is -4.35. The normalized spacial score (nSPS) is 16.3. The van der Waals surface area contributed by atoms with Gasteiger partial charge in [0.25, 0.3) is 0 Å². The third-order valence-corrected chi connectivity index (χ3v) is 6.49. The van der Waals surface area contributed by atoms with E-state index in [1.807, 2.05) is 13.8 Å². The fourth-order valence-electron chi connectivity index (χ4n) is 4.42. The fourth-order valence-corrected chi connectivity index (χ4v) is 4.42. The first-order valence-corrected chi connectivity index (χ1v) is 11.0. The van der Waals surface area contributed by atoms with Crippen molar-refractivity contribution >= 4 is 11.7 Å². The molecule has 32 heavy (non-hydrogen) atoms. The number of aliphatic carboxylic acids is 1. The smallest absolute Gasteiger partial charge is 0.416 e. The average Bonchev–Trinajstić information content (AvgIpc) is 2.69. The van der Waals surface area contributed by atoms with Crippen molar-refractivity contribution in [3.8, 4) is 0 Å². The van der Waals surface area contributed by atoms with E-state index in [9.17, 15) is 23.1 Å². The number of alkyl halides is 3. The van der Waals surface area contributed by atoms with E-state index >= 15 is 0 Å². The first kappa shape index (κ1) is 24.1. The van der Waals surface area contributed by atoms with Gasteiger partial charge in [-0.15, -0.1) is 0 Å². The van der Waals surface area contributed by atoms with Crippen molar-refractivity contribution in [1.29, 1.82) is 0 Å². The summed E-state index contributed by atoms with van der Waals surface area (Å²) in [6.45, 7) is 9.96. The lowest BCUT2D eigenvalue weighted by Gasteiger charge is -2.40. The van der Waals surface area contributed by atoms with Crippen LogP contribution in [0.15, 0.2) is 24.3 Å². The predicted octanol–water partition coefficient (Wildman–Crippen LogP) is 5.76. The molecule has 7 heteroatoms. The van der Waals surface area contributed by atoms with E-state index in [0.717, 1.165) is 71.8 Å². The Bertz CT molecular complexity index is 972. The zero-order valence-corrected chi connectivity index (χ0v) is 19.1. The number of carbonyl (C=O) groups is 1. The van der Waals surface area contributed by atoms with Crippen LogP contribution < -0.4 is 4.90 Å². The summed E-state index contributed by atoms with van der Waals surface area (Å²) in [7, 11) is 0. The van der Waals surface area contributed by atoms with Gasteiger partial charge in [0, 0.05) is 35.7 Å². The van der Waals surface area contributed by atoms with Crippen LogP contribution in [0.25, 0.3) is 0 Å². The van der Waals surface area contributed by atoms with Crippen molar-refractivity contribution in [2.75, 3.05) is 18.0 Å². The van der Waals surface area contributed by atoms with E-state index in [-0.39, 0.29) is 11.8 Å². The van der Waals surface area contributed by atoms with E-state index in [1.54, 1.807) is 0 Å². The summed E-state index contributed by atoms with van der Waals surface area (Å²) in [5.74, 6) is -0.897. The summed E-state index contributed by atoms with van der Waals surface area (Å²) in [5.41, 5.74) is 4.67. The molecule has 0 aliphatic carbocycles. The number of carboxylic acids is 1. The minimum Gasteiger partial charge on any atom is -0.481 e. The summed E-state index contributed by atoms with van der Waals surface area (Å²) in [5, 5.41) is 9.52. The Morgan fingerprint density at radius 2 is 1.59 bits per heavy atom. The highest BCUT2D eigenvalue weighted by Crippen LogP contribution is 2.37. The molecule has 0 bridgehead atoms. The number of piperidine rings is 1. The van der Waals surface area contributed by atoms with E-state index in [4.69, 9.17) is 0 Å². The molecule has 0 amide bonds. The molecule has 2 heterocycles. The van der Waals surface area contributed by atoms with Gasteiger partial charge in [-0.25, -0.2) is 0 Å². The average molecular weight is 449 g/mol. The molecular formula is C25H31F3N2O2. The molecule has 0 saturated carbocycles. The fraction of sp³-hybridized carbons (Fsp3) is 0.520. The monoisotopic (exact) mass is 448 g/mol. The van der Waals surface area contributed by atoms with Crippen molar-refractivity contribution in [2.45, 2.75) is 66.0 Å². The largest absolute Gasteiger partial charge is 0.481 e. The second-order valence-electron chi connectivity index (χ2n) is 9.50. The highest BCUT2D eigenvalue weighted by Gasteiger charge is 2.31. The first-order valence-electron chi connectivity index (χ1n) is 11.0. The summed E-state index contributed by atoms with van der Waals surface area (Å²) >= 11 is 0. The van der Waals surface area contributed by atoms with Crippen LogP contribution in [0, 0.1) is 19.3 Å². The van der Waals surface area contributed by atoms with Crippen molar-refractivity contribution in [3.63, 3.8) is 0 Å². The molecule has 1 aliphatic heterocycles. The van der Waals surface area contributed by atoms with Crippen molar-refractivity contribution < 1.29 is 23.1 Å². The summed E-state index contributed by atoms with van der Waals surface area (Å²) < 4.78 is 38.6. The number of anilines is 1. The van der Waals surface area contributed by atoms with Crippen LogP contribution in [-0.2, 0) is 30.2 Å². The van der Waals surface area contributed by atoms with Gasteiger partial charge < -0.3 is 10.0 Å². The Morgan fingerprint density at radius 3 is 2.12 bits per heavy atom. The van der Waals surface area contributed by atoms with Crippen LogP contribution in [0.5, 0.6) is 0 Å². The van der Waals surface area contributed by atoms with Crippen LogP contribution in [0.1, 0.15) is 60.3 Å². The zero-order chi connectivity index (χ0) is 23.7. The molecule has 0 radical (unpaired) electrons. The maximum absolute atomic E-state index is 12.9. The molecule has 1 aromatic heterocycles. The van der Waals surface area contributed by atoms with Crippen LogP contribution in [0.4, 0.5) is 18.9 Å². The number of aryl methyl sites for hydroxylation is 3. The Balaban J connectivity index is 1.94. The summed E-state index contributed by atoms with van der Waals surface area (Å²) in [6.07, 6.45) is -1.27. The highest BCUT2D eigenvalue weighted by atomic mass is 19.4. The number of hydrogen-bond donors (Lipinski definition) is 1. The van der Waals surface area contributed by atoms with Gasteiger partial charge >= 0.3 is 12.1 Å². The van der Waals surface area contributed by atoms with Gasteiger partial charge in [-0.3, -0.25) is 9.78 Å². The second kappa shape index (κ2) is 9.12. The highest BCUT2D eigenvalue weighted by molar-refractivity contribution is 5.76. The van der Waals surface area contributed by atoms with Crippen LogP contribution >= 0.6 is 0 Å². The lowest BCUT2D eigenvalue weighted by molar-refractivity contribution is -0.138. The van der Waals surface area contributed by atoms with E-state index in [0.29, 0.717) is 12.8 Å². The number of carboxylic acid groups (broad SMARTS) is 1. The molecule has 2 aromatic rings. The molecule has 1 fully saturated rings. The minimum absolute atomic E-state index is 0.0956. The lowest BCUT2D eigenvalue weighted by atomic mass is 9.82. The number of pyridine rings is 1. The van der Waals surface area contributed by atoms with E-state index in [2.05, 4.69) is 23.7 Å². The first-order chi connectivity index (χ1) is 14.9. The molecule has 1 saturated heterocycles. The molecule has 1 aliphatic rings. The second-order valence-corrected chi connectivity index (χ2v) is 9.50. The van der Waals surface area contributed by atoms with Crippen LogP contribution in [0.2, 0.25) is 0 Å². The molecule has 0 unspecified atom stereocenters. The van der Waals surface area contributed by atoms with Gasteiger partial charge in [-0.05, 0) is 68.2 Å². The van der Waals surface area contributed by atoms with Gasteiger partial charge in [0.2, 0.25) is 0 Å². The van der Waals surface area contributed by atoms with Crippen LogP contribution in [0.3, 0.4) is 0 Å². The molecule has 0 atom stereocenters. The maximum Gasteiger partial charge on any atom is 0.416 e. The molecule has 174 valence electrons. The van der Waals surface area contributed by atoms with Crippen molar-refractivity contribution in [2.24, 2.45) is 5.41 Å². The van der Waals surface area contributed by atoms with Gasteiger partial charge in [-0.1, -0.05) is 26.0 Å². The molecule has 4 nitrogen and oxygen atoms in total. The molecular weight excluding hydrogens is 417 g/mol. The quantitative estimate of drug-likeness (QED) is 0.611. The van der Waals surface area contributed by atoms with Gasteiger partial charge in [-0.2, -0.15) is 13.2 Å². The topological polar surface area (TPSA) is 53.4 Å². The molecule has 0 spiro atoms. The van der Waals surface area contributed by atoms with E-state index in [1.165, 1.54) is 12.1 Å². The van der Waals surface area contributed by atoms with E-state index < -0.39 is 17.7 Å². The summed E-state index contributed by atoms with van der Waals surface area (Å²) in [4.78, 5) is 18.5. The van der Waals surface area contributed by atoms with Gasteiger partial charge in [0.05, 0.1) is 12.0 Å². The SMILES string of the molecule is Cc1nc(C)c(CC(=O)O)c(N2CCC(C)(C)CC2)c1CCc1ccc(C(F)(F)F)cc1. The molecule has 1 aromatic carbocycles. The number of nitrogens with zero attached hydrogens (tertiary/aromatic N) is 2. The van der Waals surface area contributed by atoms with Crippen LogP contribution in [-0.4, -0.2) is 29.1 Å². The third kappa shape index (κ3) is 5.61. The third-order valence-electron chi connectivity index (χ3n) is 6.49. The molecule has 1 N–H and O–H groups in total. The maximum atomic E-state index is 12.9. The standard InChI is InChI=1S/C25H31F3N2O2/c1-16-20(10-7-18-5-8-19(9-6-18)25(26,27)28)23(21(15-22(31)32)17(2)29-16)30-13-11-24(3,4)12-14-30/h5-6,8-9H,7,10-15H2,1-4H3,(H,31,32). The number of rotatable bonds is 6. The Morgan fingerprint density at radius 1 is 1.03 bits per heavy atom. The number of aromatic nitrogens is 1. The summed E-state index contributed by atoms with van der Waals surface area (Å²) in [6, 6.07) is 5.25. The van der Waals surface area contributed by atoms with Gasteiger partial charge in [0.15, 0.2) is 0 Å². The Kier molecular flexibility index (Phi) is 6.86. The zero-order valence-electron chi connectivity index (χ0n) is 19.1. The van der Waals surface area contributed by atoms with Crippen molar-refractivity contribution in [1.82, 2.24) is 4.98 Å².